The van der Waals surface area contributed by atoms with Gasteiger partial charge in [-0.05, 0) is 62.4 Å². The second-order valence-electron chi connectivity index (χ2n) is 8.51. The molecule has 0 aromatic heterocycles. The molecule has 0 radical (unpaired) electrons. The molecule has 0 bridgehead atoms. The van der Waals surface area contributed by atoms with Crippen LogP contribution >= 0.6 is 0 Å². The van der Waals surface area contributed by atoms with Gasteiger partial charge in [-0.1, -0.05) is 36.9 Å². The molecule has 5 heteroatoms. The fraction of sp³-hybridized carbons (Fsp3) is 0.400. The maximum Gasteiger partial charge on any atom is 0.410 e. The van der Waals surface area contributed by atoms with Gasteiger partial charge in [-0.3, -0.25) is 0 Å². The van der Waals surface area contributed by atoms with Gasteiger partial charge in [0.15, 0.2) is 0 Å². The third-order valence-electron chi connectivity index (χ3n) is 5.06. The number of benzene rings is 2. The molecule has 3 rings (SSSR count). The Balaban J connectivity index is 1.60. The molecule has 1 aliphatic rings. The first-order chi connectivity index (χ1) is 14.2. The maximum absolute atomic E-state index is 12.4. The Morgan fingerprint density at radius 1 is 1.03 bits per heavy atom. The van der Waals surface area contributed by atoms with Crippen LogP contribution in [0.15, 0.2) is 49.0 Å². The van der Waals surface area contributed by atoms with E-state index >= 15 is 0 Å². The number of methoxy groups -OCH3 is 1. The average molecular weight is 410 g/mol. The van der Waals surface area contributed by atoms with Gasteiger partial charge in [-0.2, -0.15) is 0 Å². The van der Waals surface area contributed by atoms with Crippen LogP contribution in [-0.4, -0.2) is 36.8 Å². The molecular weight excluding hydrogens is 378 g/mol. The summed E-state index contributed by atoms with van der Waals surface area (Å²) in [5.74, 6) is 1.48. The lowest BCUT2D eigenvalue weighted by molar-refractivity contribution is 0.0258. The third-order valence-corrected chi connectivity index (χ3v) is 5.06. The number of amides is 1. The predicted octanol–water partition coefficient (Wildman–Crippen LogP) is 5.22. The van der Waals surface area contributed by atoms with E-state index in [0.717, 1.165) is 29.7 Å². The zero-order chi connectivity index (χ0) is 21.7. The number of hydrogen-bond donors (Lipinski definition) is 0. The second-order valence-corrected chi connectivity index (χ2v) is 8.51. The van der Waals surface area contributed by atoms with Crippen molar-refractivity contribution in [1.82, 2.24) is 4.90 Å². The van der Waals surface area contributed by atoms with Crippen molar-refractivity contribution in [1.29, 1.82) is 0 Å². The third kappa shape index (κ3) is 5.78. The molecule has 2 aromatic carbocycles. The van der Waals surface area contributed by atoms with E-state index in [0.29, 0.717) is 25.5 Å². The topological polar surface area (TPSA) is 48.0 Å². The summed E-state index contributed by atoms with van der Waals surface area (Å²) in [4.78, 5) is 14.2. The van der Waals surface area contributed by atoms with Gasteiger partial charge in [0.1, 0.15) is 23.7 Å². The van der Waals surface area contributed by atoms with E-state index in [-0.39, 0.29) is 6.09 Å². The highest BCUT2D eigenvalue weighted by atomic mass is 16.6. The summed E-state index contributed by atoms with van der Waals surface area (Å²) in [5, 5.41) is 0. The van der Waals surface area contributed by atoms with Crippen LogP contribution in [0.3, 0.4) is 0 Å². The lowest BCUT2D eigenvalue weighted by atomic mass is 10.0. The first-order valence-corrected chi connectivity index (χ1v) is 10.3. The summed E-state index contributed by atoms with van der Waals surface area (Å²) < 4.78 is 16.7. The molecular formula is C25H31NO4. The lowest BCUT2D eigenvalue weighted by Crippen LogP contribution is -2.38. The number of rotatable bonds is 5. The number of ether oxygens (including phenoxy) is 3. The molecule has 1 amide bonds. The molecule has 0 N–H and O–H groups in total. The summed E-state index contributed by atoms with van der Waals surface area (Å²) in [6, 6.07) is 14.2. The molecule has 0 saturated carbocycles. The van der Waals surface area contributed by atoms with E-state index in [4.69, 9.17) is 14.2 Å². The van der Waals surface area contributed by atoms with E-state index in [1.807, 2.05) is 51.1 Å². The van der Waals surface area contributed by atoms with Gasteiger partial charge in [0.2, 0.25) is 0 Å². The highest BCUT2D eigenvalue weighted by molar-refractivity contribution is 5.68. The molecule has 1 aliphatic heterocycles. The standard InChI is InChI=1S/C25H31NO4/c1-18(28-5)20-8-6-19(7-9-20)17-29-23-11-10-21-12-14-26(15-13-22(21)16-23)24(27)30-25(2,3)4/h6-11,16H,1,12-15,17H2,2-5H3. The van der Waals surface area contributed by atoms with Gasteiger partial charge >= 0.3 is 6.09 Å². The molecule has 5 nitrogen and oxygen atoms in total. The highest BCUT2D eigenvalue weighted by Crippen LogP contribution is 2.24. The van der Waals surface area contributed by atoms with E-state index < -0.39 is 5.60 Å². The Labute approximate surface area is 179 Å². The van der Waals surface area contributed by atoms with Crippen LogP contribution in [0.2, 0.25) is 0 Å². The van der Waals surface area contributed by atoms with E-state index in [1.165, 1.54) is 11.1 Å². The van der Waals surface area contributed by atoms with Gasteiger partial charge in [0.05, 0.1) is 7.11 Å². The van der Waals surface area contributed by atoms with Crippen molar-refractivity contribution in [2.45, 2.75) is 45.8 Å². The monoisotopic (exact) mass is 409 g/mol. The van der Waals surface area contributed by atoms with E-state index in [1.54, 1.807) is 12.0 Å². The summed E-state index contributed by atoms with van der Waals surface area (Å²) >= 11 is 0. The van der Waals surface area contributed by atoms with Gasteiger partial charge in [0.25, 0.3) is 0 Å². The van der Waals surface area contributed by atoms with Crippen LogP contribution in [0.5, 0.6) is 5.75 Å². The Morgan fingerprint density at radius 2 is 1.70 bits per heavy atom. The van der Waals surface area contributed by atoms with E-state index in [2.05, 4.69) is 18.7 Å². The summed E-state index contributed by atoms with van der Waals surface area (Å²) in [6.07, 6.45) is 1.37. The first-order valence-electron chi connectivity index (χ1n) is 10.3. The minimum absolute atomic E-state index is 0.244. The van der Waals surface area contributed by atoms with Crippen LogP contribution in [-0.2, 0) is 28.9 Å². The molecule has 0 unspecified atom stereocenters. The minimum Gasteiger partial charge on any atom is -0.497 e. The maximum atomic E-state index is 12.4. The minimum atomic E-state index is -0.480. The van der Waals surface area contributed by atoms with E-state index in [9.17, 15) is 4.79 Å². The van der Waals surface area contributed by atoms with Crippen LogP contribution in [0, 0.1) is 0 Å². The van der Waals surface area contributed by atoms with Crippen molar-refractivity contribution in [3.63, 3.8) is 0 Å². The van der Waals surface area contributed by atoms with Crippen LogP contribution < -0.4 is 4.74 Å². The second kappa shape index (κ2) is 9.24. The Hall–Kier alpha value is -2.95. The summed E-state index contributed by atoms with van der Waals surface area (Å²) in [5.41, 5.74) is 4.04. The number of fused-ring (bicyclic) bond motifs is 1. The Kier molecular flexibility index (Phi) is 6.70. The van der Waals surface area contributed by atoms with Crippen LogP contribution in [0.1, 0.15) is 43.0 Å². The molecule has 0 spiro atoms. The molecule has 30 heavy (non-hydrogen) atoms. The molecule has 0 atom stereocenters. The zero-order valence-electron chi connectivity index (χ0n) is 18.4. The number of nitrogens with zero attached hydrogens (tertiary/aromatic N) is 1. The van der Waals surface area contributed by atoms with Gasteiger partial charge in [-0.25, -0.2) is 4.79 Å². The predicted molar refractivity (Wildman–Crippen MR) is 118 cm³/mol. The van der Waals surface area contributed by atoms with Crippen molar-refractivity contribution in [2.24, 2.45) is 0 Å². The summed E-state index contributed by atoms with van der Waals surface area (Å²) in [7, 11) is 1.62. The molecule has 2 aromatic rings. The van der Waals surface area contributed by atoms with Crippen molar-refractivity contribution in [3.8, 4) is 5.75 Å². The quantitative estimate of drug-likeness (QED) is 0.636. The molecule has 0 fully saturated rings. The fourth-order valence-corrected chi connectivity index (χ4v) is 3.37. The largest absolute Gasteiger partial charge is 0.497 e. The lowest BCUT2D eigenvalue weighted by Gasteiger charge is -2.26. The number of hydrogen-bond acceptors (Lipinski definition) is 4. The van der Waals surface area contributed by atoms with Crippen molar-refractivity contribution >= 4 is 11.9 Å². The molecule has 1 heterocycles. The van der Waals surface area contributed by atoms with Crippen molar-refractivity contribution < 1.29 is 19.0 Å². The zero-order valence-corrected chi connectivity index (χ0v) is 18.4. The molecule has 0 aliphatic carbocycles. The summed E-state index contributed by atoms with van der Waals surface area (Å²) in [6.45, 7) is 11.3. The Morgan fingerprint density at radius 3 is 2.33 bits per heavy atom. The first kappa shape index (κ1) is 21.8. The molecule has 160 valence electrons. The number of carbonyl (C=O) groups is 1. The van der Waals surface area contributed by atoms with Crippen LogP contribution in [0.25, 0.3) is 5.76 Å². The van der Waals surface area contributed by atoms with Gasteiger partial charge in [-0.15, -0.1) is 0 Å². The number of carbonyl (C=O) groups excluding carboxylic acids is 1. The van der Waals surface area contributed by atoms with Crippen molar-refractivity contribution in [2.75, 3.05) is 20.2 Å². The highest BCUT2D eigenvalue weighted by Gasteiger charge is 2.24. The smallest absolute Gasteiger partial charge is 0.410 e. The SMILES string of the molecule is C=C(OC)c1ccc(COc2ccc3c(c2)CCN(C(=O)OC(C)(C)C)CC3)cc1. The Bertz CT molecular complexity index is 896. The fourth-order valence-electron chi connectivity index (χ4n) is 3.37. The van der Waals surface area contributed by atoms with Crippen molar-refractivity contribution in [3.05, 3.63) is 71.3 Å². The average Bonchev–Trinajstić information content (AvgIpc) is 2.93. The van der Waals surface area contributed by atoms with Gasteiger partial charge in [0, 0.05) is 18.7 Å². The van der Waals surface area contributed by atoms with Gasteiger partial charge < -0.3 is 19.1 Å². The van der Waals surface area contributed by atoms with Crippen LogP contribution in [0.4, 0.5) is 4.79 Å². The normalized spacial score (nSPS) is 13.8. The molecule has 0 saturated heterocycles.